The second-order valence-electron chi connectivity index (χ2n) is 1.52. The summed E-state index contributed by atoms with van der Waals surface area (Å²) in [6, 6.07) is 0. The van der Waals surface area contributed by atoms with Crippen molar-refractivity contribution in [2.75, 3.05) is 6.54 Å². The van der Waals surface area contributed by atoms with Crippen LogP contribution in [0.5, 0.6) is 0 Å². The summed E-state index contributed by atoms with van der Waals surface area (Å²) in [5.41, 5.74) is 0. The second-order valence-corrected chi connectivity index (χ2v) is 4.23. The van der Waals surface area contributed by atoms with Crippen molar-refractivity contribution in [3.8, 4) is 0 Å². The van der Waals surface area contributed by atoms with Gasteiger partial charge in [0.1, 0.15) is 3.95 Å². The van der Waals surface area contributed by atoms with E-state index in [2.05, 4.69) is 27.8 Å². The lowest BCUT2D eigenvalue weighted by atomic mass is 10.5. The van der Waals surface area contributed by atoms with Crippen LogP contribution in [0, 0.1) is 0 Å². The Bertz CT molecular complexity index is 102. The van der Waals surface area contributed by atoms with Crippen molar-refractivity contribution in [1.82, 2.24) is 0 Å². The number of halogens is 1. The van der Waals surface area contributed by atoms with E-state index < -0.39 is 0 Å². The lowest BCUT2D eigenvalue weighted by Gasteiger charge is -1.91. The lowest BCUT2D eigenvalue weighted by Crippen LogP contribution is -1.91. The number of nitrogens with zero attached hydrogens (tertiary/aromatic N) is 1. The summed E-state index contributed by atoms with van der Waals surface area (Å²) >= 11 is 5.08. The molecule has 0 aliphatic carbocycles. The van der Waals surface area contributed by atoms with Crippen molar-refractivity contribution < 1.29 is 0 Å². The van der Waals surface area contributed by atoms with Crippen molar-refractivity contribution in [3.05, 3.63) is 0 Å². The maximum Gasteiger partial charge on any atom is 0.134 e. The molecular weight excluding hydrogens is 174 g/mol. The topological polar surface area (TPSA) is 12.4 Å². The SMILES string of the molecule is CC1CN=C(Br)S1. The molecule has 3 heteroatoms. The highest BCUT2D eigenvalue weighted by Crippen LogP contribution is 2.23. The van der Waals surface area contributed by atoms with Gasteiger partial charge in [-0.1, -0.05) is 18.7 Å². The van der Waals surface area contributed by atoms with Crippen LogP contribution in [0.25, 0.3) is 0 Å². The Hall–Kier alpha value is 0.500. The van der Waals surface area contributed by atoms with E-state index in [0.29, 0.717) is 5.25 Å². The van der Waals surface area contributed by atoms with Gasteiger partial charge >= 0.3 is 0 Å². The first kappa shape index (κ1) is 5.63. The Balaban J connectivity index is 2.42. The number of thioether (sulfide) groups is 1. The largest absolute Gasteiger partial charge is 0.270 e. The standard InChI is InChI=1S/C4H6BrNS/c1-3-2-6-4(5)7-3/h3H,2H2,1H3. The van der Waals surface area contributed by atoms with E-state index in [1.54, 1.807) is 11.8 Å². The molecular formula is C4H6BrNS. The van der Waals surface area contributed by atoms with Crippen LogP contribution in [0.3, 0.4) is 0 Å². The van der Waals surface area contributed by atoms with Crippen molar-refractivity contribution in [1.29, 1.82) is 0 Å². The normalized spacial score (nSPS) is 30.6. The van der Waals surface area contributed by atoms with Gasteiger partial charge in [-0.05, 0) is 15.9 Å². The Kier molecular flexibility index (Phi) is 1.75. The average Bonchev–Trinajstić information content (AvgIpc) is 1.87. The van der Waals surface area contributed by atoms with E-state index in [4.69, 9.17) is 0 Å². The smallest absolute Gasteiger partial charge is 0.134 e. The molecule has 0 bridgehead atoms. The fourth-order valence-corrected chi connectivity index (χ4v) is 2.17. The Labute approximate surface area is 55.7 Å². The third kappa shape index (κ3) is 1.46. The van der Waals surface area contributed by atoms with Crippen molar-refractivity contribution in [2.45, 2.75) is 12.2 Å². The fourth-order valence-electron chi connectivity index (χ4n) is 0.441. The van der Waals surface area contributed by atoms with E-state index in [0.717, 1.165) is 10.5 Å². The van der Waals surface area contributed by atoms with Crippen LogP contribution in [0.2, 0.25) is 0 Å². The summed E-state index contributed by atoms with van der Waals surface area (Å²) < 4.78 is 1.06. The van der Waals surface area contributed by atoms with Crippen molar-refractivity contribution >= 4 is 31.6 Å². The number of hydrogen-bond acceptors (Lipinski definition) is 2. The van der Waals surface area contributed by atoms with Crippen LogP contribution in [0.15, 0.2) is 4.99 Å². The van der Waals surface area contributed by atoms with E-state index >= 15 is 0 Å². The van der Waals surface area contributed by atoms with Crippen LogP contribution in [0.4, 0.5) is 0 Å². The zero-order chi connectivity index (χ0) is 5.28. The van der Waals surface area contributed by atoms with Crippen LogP contribution < -0.4 is 0 Å². The van der Waals surface area contributed by atoms with Gasteiger partial charge in [0.15, 0.2) is 0 Å². The van der Waals surface area contributed by atoms with Gasteiger partial charge in [-0.15, -0.1) is 0 Å². The minimum absolute atomic E-state index is 0.689. The molecule has 0 saturated heterocycles. The first-order valence-corrected chi connectivity index (χ1v) is 3.83. The van der Waals surface area contributed by atoms with Gasteiger partial charge in [0.2, 0.25) is 0 Å². The summed E-state index contributed by atoms with van der Waals surface area (Å²) in [7, 11) is 0. The first-order chi connectivity index (χ1) is 3.29. The zero-order valence-electron chi connectivity index (χ0n) is 4.02. The molecule has 1 heterocycles. The third-order valence-corrected chi connectivity index (χ3v) is 2.46. The molecule has 0 saturated carbocycles. The summed E-state index contributed by atoms with van der Waals surface area (Å²) in [6.07, 6.45) is 0. The molecule has 0 spiro atoms. The molecule has 0 fully saturated rings. The quantitative estimate of drug-likeness (QED) is 0.554. The molecule has 7 heavy (non-hydrogen) atoms. The molecule has 1 unspecified atom stereocenters. The molecule has 0 aromatic carbocycles. The fraction of sp³-hybridized carbons (Fsp3) is 0.750. The van der Waals surface area contributed by atoms with Crippen LogP contribution in [0.1, 0.15) is 6.92 Å². The summed E-state index contributed by atoms with van der Waals surface area (Å²) in [6.45, 7) is 3.15. The monoisotopic (exact) mass is 179 g/mol. The van der Waals surface area contributed by atoms with Crippen molar-refractivity contribution in [2.24, 2.45) is 4.99 Å². The summed E-state index contributed by atoms with van der Waals surface area (Å²) in [4.78, 5) is 4.11. The van der Waals surface area contributed by atoms with Gasteiger partial charge in [-0.3, -0.25) is 4.99 Å². The molecule has 0 aromatic heterocycles. The molecule has 1 nitrogen and oxygen atoms in total. The molecule has 1 atom stereocenters. The third-order valence-electron chi connectivity index (χ3n) is 0.771. The molecule has 1 aliphatic heterocycles. The minimum atomic E-state index is 0.689. The van der Waals surface area contributed by atoms with Gasteiger partial charge in [-0.25, -0.2) is 0 Å². The summed E-state index contributed by atoms with van der Waals surface area (Å²) in [5.74, 6) is 0. The van der Waals surface area contributed by atoms with Crippen molar-refractivity contribution in [3.63, 3.8) is 0 Å². The molecule has 1 rings (SSSR count). The molecule has 0 aromatic rings. The first-order valence-electron chi connectivity index (χ1n) is 2.15. The number of rotatable bonds is 0. The maximum absolute atomic E-state index is 4.11. The Morgan fingerprint density at radius 1 is 2.00 bits per heavy atom. The highest BCUT2D eigenvalue weighted by molar-refractivity contribution is 9.22. The van der Waals surface area contributed by atoms with E-state index in [9.17, 15) is 0 Å². The molecule has 40 valence electrons. The van der Waals surface area contributed by atoms with Gasteiger partial charge in [0.25, 0.3) is 0 Å². The summed E-state index contributed by atoms with van der Waals surface area (Å²) in [5, 5.41) is 0.689. The van der Waals surface area contributed by atoms with E-state index in [1.807, 2.05) is 0 Å². The predicted octanol–water partition coefficient (Wildman–Crippen LogP) is 1.87. The zero-order valence-corrected chi connectivity index (χ0v) is 6.42. The van der Waals surface area contributed by atoms with Gasteiger partial charge in [0.05, 0.1) is 6.54 Å². The highest BCUT2D eigenvalue weighted by Gasteiger charge is 2.10. The van der Waals surface area contributed by atoms with Gasteiger partial charge in [-0.2, -0.15) is 0 Å². The molecule has 0 radical (unpaired) electrons. The highest BCUT2D eigenvalue weighted by atomic mass is 79.9. The predicted molar refractivity (Wildman–Crippen MR) is 38.3 cm³/mol. The molecule has 0 N–H and O–H groups in total. The Morgan fingerprint density at radius 2 is 2.71 bits per heavy atom. The second kappa shape index (κ2) is 2.18. The van der Waals surface area contributed by atoms with Gasteiger partial charge in [0, 0.05) is 5.25 Å². The van der Waals surface area contributed by atoms with Gasteiger partial charge < -0.3 is 0 Å². The van der Waals surface area contributed by atoms with Crippen LogP contribution in [-0.4, -0.2) is 15.7 Å². The number of aliphatic imine (C=N–C) groups is 1. The molecule has 0 amide bonds. The average molecular weight is 180 g/mol. The van der Waals surface area contributed by atoms with Crippen LogP contribution >= 0.6 is 27.7 Å². The number of hydrogen-bond donors (Lipinski definition) is 0. The molecule has 1 aliphatic rings. The Morgan fingerprint density at radius 3 is 2.86 bits per heavy atom. The van der Waals surface area contributed by atoms with Crippen LogP contribution in [-0.2, 0) is 0 Å². The van der Waals surface area contributed by atoms with E-state index in [-0.39, 0.29) is 0 Å². The minimum Gasteiger partial charge on any atom is -0.270 e. The lowest BCUT2D eigenvalue weighted by molar-refractivity contribution is 0.978. The van der Waals surface area contributed by atoms with E-state index in [1.165, 1.54) is 0 Å². The maximum atomic E-state index is 4.11.